The van der Waals surface area contributed by atoms with Crippen LogP contribution in [0.4, 0.5) is 0 Å². The molecular formula is C28H20I2N2O4S. The molecule has 1 aliphatic rings. The smallest absolute Gasteiger partial charge is 0.338 e. The van der Waals surface area contributed by atoms with Crippen molar-refractivity contribution in [1.29, 1.82) is 0 Å². The van der Waals surface area contributed by atoms with Gasteiger partial charge in [0.1, 0.15) is 5.75 Å². The van der Waals surface area contributed by atoms with E-state index in [9.17, 15) is 14.7 Å². The number of carbonyl (C=O) groups is 1. The molecule has 6 nitrogen and oxygen atoms in total. The third-order valence-corrected chi connectivity index (χ3v) is 8.45. The van der Waals surface area contributed by atoms with Crippen molar-refractivity contribution in [2.24, 2.45) is 4.99 Å². The number of nitrogens with zero attached hydrogens (tertiary/aromatic N) is 2. The van der Waals surface area contributed by atoms with E-state index in [4.69, 9.17) is 9.73 Å². The standard InChI is InChI=1S/C28H20I2N2O4S/c1-2-36-27(35)22-23(17-9-5-3-6-10-17)31-28-32(24(22)18-11-7-4-8-12-18)26(34)21(37-28)15-16-13-19(29)25(33)20(30)14-16/h3-15,24,33H,2H2,1H3/b21-15-/t24-/m0/s1. The number of hydrogen-bond donors (Lipinski definition) is 1. The highest BCUT2D eigenvalue weighted by Gasteiger charge is 2.35. The summed E-state index contributed by atoms with van der Waals surface area (Å²) in [6.07, 6.45) is 1.80. The Morgan fingerprint density at radius 3 is 2.32 bits per heavy atom. The molecule has 1 aromatic heterocycles. The van der Waals surface area contributed by atoms with Crippen LogP contribution in [0.5, 0.6) is 5.75 Å². The number of esters is 1. The second-order valence-corrected chi connectivity index (χ2v) is 11.5. The number of benzene rings is 3. The van der Waals surface area contributed by atoms with E-state index < -0.39 is 12.0 Å². The second kappa shape index (κ2) is 10.9. The molecule has 2 heterocycles. The van der Waals surface area contributed by atoms with Crippen LogP contribution >= 0.6 is 56.5 Å². The molecule has 0 aliphatic carbocycles. The highest BCUT2D eigenvalue weighted by Crippen LogP contribution is 2.35. The Morgan fingerprint density at radius 1 is 1.08 bits per heavy atom. The van der Waals surface area contributed by atoms with Gasteiger partial charge in [-0.3, -0.25) is 9.36 Å². The normalized spacial score (nSPS) is 15.3. The van der Waals surface area contributed by atoms with Crippen molar-refractivity contribution in [3.8, 4) is 5.75 Å². The predicted molar refractivity (Wildman–Crippen MR) is 161 cm³/mol. The highest BCUT2D eigenvalue weighted by molar-refractivity contribution is 14.1. The van der Waals surface area contributed by atoms with Crippen LogP contribution in [0, 0.1) is 7.14 Å². The Kier molecular flexibility index (Phi) is 7.63. The lowest BCUT2D eigenvalue weighted by Crippen LogP contribution is -2.40. The summed E-state index contributed by atoms with van der Waals surface area (Å²) in [5, 5.41) is 10.2. The van der Waals surface area contributed by atoms with E-state index >= 15 is 0 Å². The van der Waals surface area contributed by atoms with E-state index in [0.717, 1.165) is 16.7 Å². The molecule has 4 aromatic rings. The molecule has 0 fully saturated rings. The van der Waals surface area contributed by atoms with Crippen molar-refractivity contribution < 1.29 is 14.6 Å². The van der Waals surface area contributed by atoms with Crippen LogP contribution < -0.4 is 14.9 Å². The SMILES string of the molecule is CCOC(=O)C1=C(c2ccccc2)N=c2s/c(=C\c3cc(I)c(O)c(I)c3)c(=O)n2[C@H]1c1ccccc1. The number of fused-ring (bicyclic) bond motifs is 1. The number of phenols is 1. The largest absolute Gasteiger partial charge is 0.506 e. The molecule has 0 amide bonds. The summed E-state index contributed by atoms with van der Waals surface area (Å²) in [6, 6.07) is 21.9. The molecule has 3 aromatic carbocycles. The zero-order valence-electron chi connectivity index (χ0n) is 19.5. The summed E-state index contributed by atoms with van der Waals surface area (Å²) in [7, 11) is 0. The van der Waals surface area contributed by atoms with Crippen molar-refractivity contribution in [2.75, 3.05) is 6.61 Å². The van der Waals surface area contributed by atoms with Crippen LogP contribution in [0.1, 0.15) is 29.7 Å². The maximum atomic E-state index is 13.9. The minimum absolute atomic E-state index is 0.203. The fourth-order valence-corrected chi connectivity index (χ4v) is 7.03. The average molecular weight is 734 g/mol. The molecule has 5 rings (SSSR count). The fraction of sp³-hybridized carbons (Fsp3) is 0.107. The Morgan fingerprint density at radius 2 is 1.70 bits per heavy atom. The third-order valence-electron chi connectivity index (χ3n) is 5.83. The van der Waals surface area contributed by atoms with Gasteiger partial charge in [-0.05, 0) is 81.4 Å². The Hall–Kier alpha value is -2.77. The Balaban J connectivity index is 1.82. The van der Waals surface area contributed by atoms with Crippen molar-refractivity contribution in [3.05, 3.63) is 122 Å². The number of phenolic OH excluding ortho intramolecular Hbond substituents is 1. The quantitative estimate of drug-likeness (QED) is 0.235. The van der Waals surface area contributed by atoms with Gasteiger partial charge in [-0.1, -0.05) is 72.0 Å². The summed E-state index contributed by atoms with van der Waals surface area (Å²) in [5.41, 5.74) is 2.93. The van der Waals surface area contributed by atoms with Gasteiger partial charge in [0.25, 0.3) is 5.56 Å². The molecule has 1 N–H and O–H groups in total. The van der Waals surface area contributed by atoms with Crippen LogP contribution in [-0.2, 0) is 9.53 Å². The predicted octanol–water partition coefficient (Wildman–Crippen LogP) is 4.85. The first kappa shape index (κ1) is 25.9. The molecular weight excluding hydrogens is 714 g/mol. The van der Waals surface area contributed by atoms with Crippen molar-refractivity contribution >= 4 is 74.3 Å². The summed E-state index contributed by atoms with van der Waals surface area (Å²) in [6.45, 7) is 1.96. The lowest BCUT2D eigenvalue weighted by Gasteiger charge is -2.25. The first-order chi connectivity index (χ1) is 17.9. The minimum atomic E-state index is -0.700. The minimum Gasteiger partial charge on any atom is -0.506 e. The van der Waals surface area contributed by atoms with Crippen molar-refractivity contribution in [3.63, 3.8) is 0 Å². The lowest BCUT2D eigenvalue weighted by molar-refractivity contribution is -0.138. The van der Waals surface area contributed by atoms with E-state index in [1.54, 1.807) is 17.6 Å². The topological polar surface area (TPSA) is 80.9 Å². The summed E-state index contributed by atoms with van der Waals surface area (Å²) < 4.78 is 8.93. The van der Waals surface area contributed by atoms with Gasteiger partial charge in [0.05, 0.1) is 35.6 Å². The van der Waals surface area contributed by atoms with E-state index in [1.165, 1.54) is 11.3 Å². The van der Waals surface area contributed by atoms with Gasteiger partial charge >= 0.3 is 5.97 Å². The maximum absolute atomic E-state index is 13.9. The summed E-state index contributed by atoms with van der Waals surface area (Å²) in [5.74, 6) is -0.286. The van der Waals surface area contributed by atoms with Crippen LogP contribution in [0.2, 0.25) is 0 Å². The number of carbonyl (C=O) groups excluding carboxylic acids is 1. The number of rotatable bonds is 5. The molecule has 186 valence electrons. The number of halogens is 2. The van der Waals surface area contributed by atoms with Gasteiger partial charge in [-0.2, -0.15) is 0 Å². The van der Waals surface area contributed by atoms with E-state index in [1.807, 2.05) is 72.8 Å². The molecule has 1 aliphatic heterocycles. The zero-order chi connectivity index (χ0) is 26.1. The fourth-order valence-electron chi connectivity index (χ4n) is 4.21. The van der Waals surface area contributed by atoms with Gasteiger partial charge in [-0.25, -0.2) is 9.79 Å². The number of hydrogen-bond acceptors (Lipinski definition) is 6. The first-order valence-electron chi connectivity index (χ1n) is 11.4. The van der Waals surface area contributed by atoms with Crippen molar-refractivity contribution in [2.45, 2.75) is 13.0 Å². The summed E-state index contributed by atoms with van der Waals surface area (Å²) >= 11 is 5.41. The number of aromatic nitrogens is 1. The molecule has 0 spiro atoms. The molecule has 37 heavy (non-hydrogen) atoms. The molecule has 0 radical (unpaired) electrons. The van der Waals surface area contributed by atoms with Gasteiger partial charge in [-0.15, -0.1) is 0 Å². The zero-order valence-corrected chi connectivity index (χ0v) is 24.7. The van der Waals surface area contributed by atoms with Gasteiger partial charge in [0, 0.05) is 5.56 Å². The Bertz CT molecular complexity index is 1690. The van der Waals surface area contributed by atoms with E-state index in [-0.39, 0.29) is 17.9 Å². The summed E-state index contributed by atoms with van der Waals surface area (Å²) in [4.78, 5) is 32.6. The van der Waals surface area contributed by atoms with Crippen LogP contribution in [0.25, 0.3) is 11.8 Å². The van der Waals surface area contributed by atoms with E-state index in [2.05, 4.69) is 45.2 Å². The van der Waals surface area contributed by atoms with Gasteiger partial charge < -0.3 is 9.84 Å². The Labute approximate surface area is 243 Å². The molecule has 9 heteroatoms. The van der Waals surface area contributed by atoms with Crippen LogP contribution in [-0.4, -0.2) is 22.2 Å². The maximum Gasteiger partial charge on any atom is 0.338 e. The number of thiazole rings is 1. The molecule has 0 saturated carbocycles. The molecule has 0 unspecified atom stereocenters. The second-order valence-electron chi connectivity index (χ2n) is 8.18. The van der Waals surface area contributed by atoms with Crippen molar-refractivity contribution in [1.82, 2.24) is 4.57 Å². The average Bonchev–Trinajstić information content (AvgIpc) is 3.21. The monoisotopic (exact) mass is 734 g/mol. The van der Waals surface area contributed by atoms with Crippen LogP contribution in [0.15, 0.2) is 88.2 Å². The molecule has 0 saturated heterocycles. The lowest BCUT2D eigenvalue weighted by atomic mass is 9.93. The van der Waals surface area contributed by atoms with Gasteiger partial charge in [0.15, 0.2) is 4.80 Å². The number of ether oxygens (including phenoxy) is 1. The van der Waals surface area contributed by atoms with Gasteiger partial charge in [0.2, 0.25) is 0 Å². The van der Waals surface area contributed by atoms with Crippen LogP contribution in [0.3, 0.4) is 0 Å². The first-order valence-corrected chi connectivity index (χ1v) is 14.4. The van der Waals surface area contributed by atoms with E-state index in [0.29, 0.717) is 27.7 Å². The number of aromatic hydroxyl groups is 1. The molecule has 0 bridgehead atoms. The third kappa shape index (κ3) is 5.04. The molecule has 1 atom stereocenters. The highest BCUT2D eigenvalue weighted by atomic mass is 127.